The van der Waals surface area contributed by atoms with Crippen molar-refractivity contribution in [1.29, 1.82) is 0 Å². The van der Waals surface area contributed by atoms with Gasteiger partial charge in [0, 0.05) is 12.8 Å². The molecule has 0 saturated heterocycles. The Hall–Kier alpha value is -2.03. The summed E-state index contributed by atoms with van der Waals surface area (Å²) in [5, 5.41) is 0. The molecule has 0 fully saturated rings. The van der Waals surface area contributed by atoms with E-state index < -0.39 is 26.5 Å². The Bertz CT molecular complexity index is 1410. The van der Waals surface area contributed by atoms with Gasteiger partial charge in [0.15, 0.2) is 6.10 Å². The summed E-state index contributed by atoms with van der Waals surface area (Å²) in [5.41, 5.74) is 0. The van der Waals surface area contributed by atoms with Crippen LogP contribution in [-0.2, 0) is 32.7 Å². The average Bonchev–Trinajstić information content (AvgIpc) is 3.37. The van der Waals surface area contributed by atoms with Crippen LogP contribution in [0.5, 0.6) is 0 Å². The second kappa shape index (κ2) is 56.7. The van der Waals surface area contributed by atoms with Gasteiger partial charge >= 0.3 is 11.9 Å². The zero-order valence-electron chi connectivity index (χ0n) is 50.0. The van der Waals surface area contributed by atoms with Crippen molar-refractivity contribution in [2.24, 2.45) is 0 Å². The molecule has 0 saturated carbocycles. The highest BCUT2D eigenvalue weighted by molar-refractivity contribution is 7.45. The van der Waals surface area contributed by atoms with Gasteiger partial charge < -0.3 is 27.9 Å². The van der Waals surface area contributed by atoms with Crippen LogP contribution in [0.4, 0.5) is 0 Å². The first-order valence-corrected chi connectivity index (χ1v) is 33.3. The molecule has 0 bridgehead atoms. The fourth-order valence-corrected chi connectivity index (χ4v) is 9.97. The molecule has 0 amide bonds. The summed E-state index contributed by atoms with van der Waals surface area (Å²) < 4.78 is 34.2. The van der Waals surface area contributed by atoms with Crippen molar-refractivity contribution in [2.75, 3.05) is 47.5 Å². The number of hydrogen-bond donors (Lipinski definition) is 0. The number of quaternary nitrogens is 1. The molecular weight excluding hydrogens is 954 g/mol. The van der Waals surface area contributed by atoms with E-state index in [1.807, 2.05) is 21.1 Å². The average molecular weight is 1080 g/mol. The summed E-state index contributed by atoms with van der Waals surface area (Å²) in [6.45, 7) is 4.16. The molecule has 2 atom stereocenters. The van der Waals surface area contributed by atoms with Crippen LogP contribution in [0.3, 0.4) is 0 Å². The lowest BCUT2D eigenvalue weighted by Gasteiger charge is -2.28. The molecule has 0 heterocycles. The SMILES string of the molecule is CC/C=C\C/C=C\C/C=C\C/C=C\CCCCCCCCCCC(=O)OC(COC(=O)CCCCCCCCCCCCCCCCCCCCCCCCCCCCCCCC)COP(=O)([O-])OCC[N+](C)(C)C. The Kier molecular flexibility index (Phi) is 55.1. The number of phosphoric acid groups is 1. The predicted octanol–water partition coefficient (Wildman–Crippen LogP) is 19.5. The standard InChI is InChI=1S/C65H122NO8P/c1-6-8-10-12-14-16-18-20-22-24-26-28-29-30-31-32-33-34-35-36-38-39-41-43-45-47-49-51-53-55-57-64(67)71-61-63(62-73-75(69,70)72-60-59-66(3,4)5)74-65(68)58-56-54-52-50-48-46-44-42-40-37-27-25-23-21-19-17-15-13-11-9-7-2/h9,11,15,17,21,23,27,37,63H,6-8,10,12-14,16,18-20,22,24-26,28-36,38-62H2,1-5H3/b11-9-,17-15-,23-21-,37-27-. The second-order valence-corrected chi connectivity index (χ2v) is 24.2. The van der Waals surface area contributed by atoms with E-state index in [4.69, 9.17) is 18.5 Å². The lowest BCUT2D eigenvalue weighted by Crippen LogP contribution is -2.37. The van der Waals surface area contributed by atoms with Gasteiger partial charge in [-0.1, -0.05) is 287 Å². The molecule has 75 heavy (non-hydrogen) atoms. The summed E-state index contributed by atoms with van der Waals surface area (Å²) in [5.74, 6) is -0.830. The number of nitrogens with zero attached hydrogens (tertiary/aromatic N) is 1. The fourth-order valence-electron chi connectivity index (χ4n) is 9.24. The first-order chi connectivity index (χ1) is 36.5. The van der Waals surface area contributed by atoms with E-state index in [-0.39, 0.29) is 32.0 Å². The van der Waals surface area contributed by atoms with Gasteiger partial charge in [0.2, 0.25) is 0 Å². The van der Waals surface area contributed by atoms with Crippen LogP contribution in [0, 0.1) is 0 Å². The molecule has 0 aliphatic rings. The van der Waals surface area contributed by atoms with Gasteiger partial charge in [-0.05, 0) is 51.4 Å². The number of hydrogen-bond acceptors (Lipinski definition) is 8. The van der Waals surface area contributed by atoms with E-state index in [9.17, 15) is 19.0 Å². The number of allylic oxidation sites excluding steroid dienone is 8. The third-order valence-electron chi connectivity index (χ3n) is 14.1. The van der Waals surface area contributed by atoms with Gasteiger partial charge in [0.1, 0.15) is 19.8 Å². The molecule has 440 valence electrons. The Morgan fingerprint density at radius 2 is 0.760 bits per heavy atom. The summed E-state index contributed by atoms with van der Waals surface area (Å²) in [4.78, 5) is 37.9. The lowest BCUT2D eigenvalue weighted by atomic mass is 10.0. The molecule has 2 unspecified atom stereocenters. The lowest BCUT2D eigenvalue weighted by molar-refractivity contribution is -0.870. The minimum absolute atomic E-state index is 0.0323. The minimum Gasteiger partial charge on any atom is -0.756 e. The number of carbonyl (C=O) groups is 2. The monoisotopic (exact) mass is 1080 g/mol. The molecule has 10 heteroatoms. The van der Waals surface area contributed by atoms with Crippen molar-refractivity contribution in [1.82, 2.24) is 0 Å². The summed E-state index contributed by atoms with van der Waals surface area (Å²) in [7, 11) is 1.17. The molecule has 0 aliphatic heterocycles. The van der Waals surface area contributed by atoms with Crippen LogP contribution in [0.2, 0.25) is 0 Å². The van der Waals surface area contributed by atoms with Crippen molar-refractivity contribution in [3.8, 4) is 0 Å². The van der Waals surface area contributed by atoms with Crippen molar-refractivity contribution < 1.29 is 42.1 Å². The molecule has 0 aromatic heterocycles. The number of unbranched alkanes of at least 4 members (excludes halogenated alkanes) is 37. The van der Waals surface area contributed by atoms with Crippen molar-refractivity contribution in [3.05, 3.63) is 48.6 Å². The molecule has 0 rings (SSSR count). The maximum atomic E-state index is 12.8. The first-order valence-electron chi connectivity index (χ1n) is 31.8. The van der Waals surface area contributed by atoms with E-state index >= 15 is 0 Å². The summed E-state index contributed by atoms with van der Waals surface area (Å²) >= 11 is 0. The number of likely N-dealkylation sites (N-methyl/N-ethyl adjacent to an activating group) is 1. The molecular formula is C65H122NO8P. The van der Waals surface area contributed by atoms with Gasteiger partial charge in [-0.2, -0.15) is 0 Å². The minimum atomic E-state index is -4.64. The number of esters is 2. The molecule has 0 aromatic carbocycles. The fraction of sp³-hybridized carbons (Fsp3) is 0.846. The largest absolute Gasteiger partial charge is 0.756 e. The second-order valence-electron chi connectivity index (χ2n) is 22.8. The van der Waals surface area contributed by atoms with Gasteiger partial charge in [0.25, 0.3) is 7.82 Å². The first kappa shape index (κ1) is 73.0. The topological polar surface area (TPSA) is 111 Å². The maximum Gasteiger partial charge on any atom is 0.306 e. The van der Waals surface area contributed by atoms with Crippen LogP contribution in [0.25, 0.3) is 0 Å². The van der Waals surface area contributed by atoms with Crippen molar-refractivity contribution in [2.45, 2.75) is 309 Å². The smallest absolute Gasteiger partial charge is 0.306 e. The van der Waals surface area contributed by atoms with Crippen LogP contribution < -0.4 is 4.89 Å². The zero-order chi connectivity index (χ0) is 54.9. The van der Waals surface area contributed by atoms with Gasteiger partial charge in [-0.25, -0.2) is 0 Å². The van der Waals surface area contributed by atoms with E-state index in [0.717, 1.165) is 70.6 Å². The zero-order valence-corrected chi connectivity index (χ0v) is 50.9. The van der Waals surface area contributed by atoms with E-state index in [2.05, 4.69) is 62.5 Å². The Morgan fingerprint density at radius 3 is 1.13 bits per heavy atom. The quantitative estimate of drug-likeness (QED) is 0.0195. The summed E-state index contributed by atoms with van der Waals surface area (Å²) in [6.07, 6.45) is 71.8. The van der Waals surface area contributed by atoms with Gasteiger partial charge in [-0.15, -0.1) is 0 Å². The Labute approximate surface area is 464 Å². The number of ether oxygens (including phenoxy) is 2. The van der Waals surface area contributed by atoms with Crippen LogP contribution in [0.1, 0.15) is 303 Å². The highest BCUT2D eigenvalue weighted by atomic mass is 31.2. The highest BCUT2D eigenvalue weighted by Crippen LogP contribution is 2.38. The number of carbonyl (C=O) groups excluding carboxylic acids is 2. The van der Waals surface area contributed by atoms with Crippen LogP contribution >= 0.6 is 7.82 Å². The maximum absolute atomic E-state index is 12.8. The van der Waals surface area contributed by atoms with Crippen molar-refractivity contribution >= 4 is 19.8 Å². The molecule has 0 N–H and O–H groups in total. The molecule has 9 nitrogen and oxygen atoms in total. The third-order valence-corrected chi connectivity index (χ3v) is 15.1. The van der Waals surface area contributed by atoms with E-state index in [1.54, 1.807) is 0 Å². The molecule has 0 radical (unpaired) electrons. The number of phosphoric ester groups is 1. The van der Waals surface area contributed by atoms with Crippen molar-refractivity contribution in [3.63, 3.8) is 0 Å². The van der Waals surface area contributed by atoms with Crippen LogP contribution in [-0.4, -0.2) is 70.0 Å². The molecule has 0 spiro atoms. The Balaban J connectivity index is 4.04. The predicted molar refractivity (Wildman–Crippen MR) is 319 cm³/mol. The van der Waals surface area contributed by atoms with Crippen LogP contribution in [0.15, 0.2) is 48.6 Å². The summed E-state index contributed by atoms with van der Waals surface area (Å²) in [6, 6.07) is 0. The van der Waals surface area contributed by atoms with E-state index in [1.165, 1.54) is 199 Å². The number of rotatable bonds is 59. The highest BCUT2D eigenvalue weighted by Gasteiger charge is 2.22. The van der Waals surface area contributed by atoms with E-state index in [0.29, 0.717) is 17.4 Å². The normalized spacial score (nSPS) is 13.5. The van der Waals surface area contributed by atoms with Gasteiger partial charge in [0.05, 0.1) is 27.7 Å². The third kappa shape index (κ3) is 61.1. The van der Waals surface area contributed by atoms with Gasteiger partial charge in [-0.3, -0.25) is 14.2 Å². The Morgan fingerprint density at radius 1 is 0.427 bits per heavy atom. The molecule has 0 aromatic rings. The molecule has 0 aliphatic carbocycles.